The van der Waals surface area contributed by atoms with Gasteiger partial charge in [-0.25, -0.2) is 9.37 Å². The first kappa shape index (κ1) is 21.8. The quantitative estimate of drug-likeness (QED) is 0.560. The average molecular weight is 460 g/mol. The van der Waals surface area contributed by atoms with Crippen LogP contribution in [0.2, 0.25) is 0 Å². The highest BCUT2D eigenvalue weighted by Gasteiger charge is 2.35. The summed E-state index contributed by atoms with van der Waals surface area (Å²) < 4.78 is 14.7. The zero-order valence-electron chi connectivity index (χ0n) is 17.8. The van der Waals surface area contributed by atoms with Gasteiger partial charge in [-0.3, -0.25) is 14.2 Å². The Bertz CT molecular complexity index is 1320. The molecule has 0 radical (unpaired) electrons. The van der Waals surface area contributed by atoms with Gasteiger partial charge >= 0.3 is 0 Å². The second-order valence-corrected chi connectivity index (χ2v) is 10.3. The normalized spacial score (nSPS) is 17.1. The number of hydrogen-bond acceptors (Lipinski definition) is 7. The lowest BCUT2D eigenvalue weighted by atomic mass is 10.1. The summed E-state index contributed by atoms with van der Waals surface area (Å²) in [4.78, 5) is 31.2. The Hall–Kier alpha value is -3.41. The molecule has 1 unspecified atom stereocenters. The van der Waals surface area contributed by atoms with Gasteiger partial charge in [0.25, 0.3) is 11.5 Å². The maximum Gasteiger partial charge on any atom is 0.296 e. The van der Waals surface area contributed by atoms with Gasteiger partial charge in [0.05, 0.1) is 11.8 Å². The van der Waals surface area contributed by atoms with Crippen molar-refractivity contribution in [1.82, 2.24) is 35.1 Å². The molecule has 0 saturated carbocycles. The summed E-state index contributed by atoms with van der Waals surface area (Å²) in [7, 11) is 1.28. The molecule has 3 heterocycles. The van der Waals surface area contributed by atoms with E-state index in [2.05, 4.69) is 31.6 Å². The molecule has 1 amide bonds. The van der Waals surface area contributed by atoms with E-state index in [0.29, 0.717) is 29.2 Å². The Kier molecular flexibility index (Phi) is 5.41. The smallest absolute Gasteiger partial charge is 0.296 e. The van der Waals surface area contributed by atoms with Gasteiger partial charge in [0.15, 0.2) is 5.69 Å². The molecule has 1 atom stereocenters. The third-order valence-corrected chi connectivity index (χ3v) is 7.74. The summed E-state index contributed by atoms with van der Waals surface area (Å²) in [5.74, 6) is 3.55. The number of aromatic nitrogens is 6. The standard InChI is InChI=1S/C20H22FN7O3S/c1-20(2)19-23-14(15(29)18(31)28(19)7-8-32(20)4)17(30)22-10-11-5-6-12(21)9-13(11)16-24-26-27(3)25-16/h5-6,9,29H,4,7-8,10H2,1-3H3,(H,22,30). The van der Waals surface area contributed by atoms with Gasteiger partial charge in [-0.1, -0.05) is 11.9 Å². The predicted molar refractivity (Wildman–Crippen MR) is 118 cm³/mol. The van der Waals surface area contributed by atoms with Crippen molar-refractivity contribution in [2.45, 2.75) is 31.7 Å². The van der Waals surface area contributed by atoms with Gasteiger partial charge in [-0.2, -0.15) is 15.3 Å². The van der Waals surface area contributed by atoms with Gasteiger partial charge in [-0.05, 0) is 36.8 Å². The molecule has 0 aliphatic carbocycles. The number of fused-ring (bicyclic) bond motifs is 1. The van der Waals surface area contributed by atoms with Crippen molar-refractivity contribution in [3.8, 4) is 17.1 Å². The Morgan fingerprint density at radius 2 is 2.16 bits per heavy atom. The second-order valence-electron chi connectivity index (χ2n) is 7.88. The fourth-order valence-electron chi connectivity index (χ4n) is 3.52. The predicted octanol–water partition coefficient (Wildman–Crippen LogP) is 1.16. The summed E-state index contributed by atoms with van der Waals surface area (Å²) in [5.41, 5.74) is -0.115. The molecule has 1 aromatic carbocycles. The molecule has 0 saturated heterocycles. The number of aryl methyl sites for hydroxylation is 1. The summed E-state index contributed by atoms with van der Waals surface area (Å²) >= 11 is 0. The molecule has 10 nitrogen and oxygen atoms in total. The van der Waals surface area contributed by atoms with Crippen LogP contribution < -0.4 is 10.9 Å². The summed E-state index contributed by atoms with van der Waals surface area (Å²) in [5, 5.41) is 24.7. The first-order valence-corrected chi connectivity index (χ1v) is 11.3. The minimum atomic E-state index is -0.726. The van der Waals surface area contributed by atoms with E-state index in [1.165, 1.54) is 27.6 Å². The summed E-state index contributed by atoms with van der Waals surface area (Å²) in [6.07, 6.45) is 0. The highest BCUT2D eigenvalue weighted by atomic mass is 32.2. The molecule has 1 aliphatic rings. The van der Waals surface area contributed by atoms with Crippen LogP contribution in [0.4, 0.5) is 4.39 Å². The van der Waals surface area contributed by atoms with Gasteiger partial charge in [-0.15, -0.1) is 10.2 Å². The van der Waals surface area contributed by atoms with E-state index in [0.717, 1.165) is 0 Å². The number of benzene rings is 1. The molecule has 32 heavy (non-hydrogen) atoms. The van der Waals surface area contributed by atoms with Crippen LogP contribution in [-0.4, -0.2) is 52.4 Å². The number of carbonyl (C=O) groups excluding carboxylic acids is 1. The third-order valence-electron chi connectivity index (χ3n) is 5.44. The van der Waals surface area contributed by atoms with Crippen molar-refractivity contribution in [3.05, 3.63) is 51.5 Å². The Morgan fingerprint density at radius 3 is 2.84 bits per heavy atom. The molecular weight excluding hydrogens is 437 g/mol. The van der Waals surface area contributed by atoms with Gasteiger partial charge in [0.2, 0.25) is 11.6 Å². The number of amides is 1. The van der Waals surface area contributed by atoms with E-state index in [-0.39, 0.29) is 28.5 Å². The maximum atomic E-state index is 13.8. The average Bonchev–Trinajstić information content (AvgIpc) is 3.18. The van der Waals surface area contributed by atoms with E-state index >= 15 is 0 Å². The van der Waals surface area contributed by atoms with Crippen molar-refractivity contribution >= 4 is 22.3 Å². The van der Waals surface area contributed by atoms with E-state index < -0.39 is 27.8 Å². The maximum absolute atomic E-state index is 13.8. The molecule has 12 heteroatoms. The minimum absolute atomic E-state index is 0.0324. The highest BCUT2D eigenvalue weighted by Crippen LogP contribution is 2.42. The largest absolute Gasteiger partial charge is 0.501 e. The zero-order chi connectivity index (χ0) is 23.2. The summed E-state index contributed by atoms with van der Waals surface area (Å²) in [6.45, 7) is 4.18. The minimum Gasteiger partial charge on any atom is -0.501 e. The first-order valence-electron chi connectivity index (χ1n) is 9.75. The molecule has 0 fully saturated rings. The number of nitrogens with one attached hydrogen (secondary N) is 1. The van der Waals surface area contributed by atoms with E-state index in [1.807, 2.05) is 13.8 Å². The SMILES string of the molecule is C=S1CCn2c(nc(C(=O)NCc3ccc(F)cc3-c3nnn(C)n3)c(O)c2=O)C1(C)C. The summed E-state index contributed by atoms with van der Waals surface area (Å²) in [6, 6.07) is 3.99. The topological polar surface area (TPSA) is 128 Å². The Labute approximate surface area is 185 Å². The third kappa shape index (κ3) is 3.70. The van der Waals surface area contributed by atoms with Gasteiger partial charge in [0.1, 0.15) is 11.6 Å². The lowest BCUT2D eigenvalue weighted by Gasteiger charge is -2.35. The van der Waals surface area contributed by atoms with E-state index in [9.17, 15) is 19.1 Å². The van der Waals surface area contributed by atoms with Crippen molar-refractivity contribution in [2.75, 3.05) is 5.75 Å². The fraction of sp³-hybridized carbons (Fsp3) is 0.350. The van der Waals surface area contributed by atoms with E-state index in [4.69, 9.17) is 0 Å². The van der Waals surface area contributed by atoms with Crippen LogP contribution in [0, 0.1) is 5.82 Å². The monoisotopic (exact) mass is 459 g/mol. The van der Waals surface area contributed by atoms with Crippen LogP contribution in [0.3, 0.4) is 0 Å². The molecular formula is C20H22FN7O3S. The lowest BCUT2D eigenvalue weighted by molar-refractivity contribution is 0.0941. The number of tetrazole rings is 1. The molecule has 2 aromatic heterocycles. The highest BCUT2D eigenvalue weighted by molar-refractivity contribution is 8.14. The molecule has 1 aliphatic heterocycles. The number of carbonyl (C=O) groups is 1. The van der Waals surface area contributed by atoms with Crippen molar-refractivity contribution < 1.29 is 14.3 Å². The molecule has 4 rings (SSSR count). The van der Waals surface area contributed by atoms with Gasteiger partial charge < -0.3 is 10.4 Å². The number of rotatable bonds is 4. The van der Waals surface area contributed by atoms with Crippen molar-refractivity contribution in [3.63, 3.8) is 0 Å². The fourth-order valence-corrected chi connectivity index (χ4v) is 4.85. The number of nitrogens with zero attached hydrogens (tertiary/aromatic N) is 6. The number of halogens is 1. The van der Waals surface area contributed by atoms with Crippen molar-refractivity contribution in [1.29, 1.82) is 0 Å². The number of aromatic hydroxyl groups is 1. The van der Waals surface area contributed by atoms with Crippen LogP contribution >= 0.6 is 10.5 Å². The van der Waals surface area contributed by atoms with Crippen LogP contribution in [0.1, 0.15) is 35.7 Å². The first-order chi connectivity index (χ1) is 15.1. The Balaban J connectivity index is 1.66. The van der Waals surface area contributed by atoms with Crippen molar-refractivity contribution in [2.24, 2.45) is 7.05 Å². The second kappa shape index (κ2) is 7.93. The zero-order valence-corrected chi connectivity index (χ0v) is 18.6. The van der Waals surface area contributed by atoms with Crippen LogP contribution in [0.5, 0.6) is 5.75 Å². The molecule has 2 N–H and O–H groups in total. The molecule has 3 aromatic rings. The Morgan fingerprint density at radius 1 is 1.41 bits per heavy atom. The molecule has 0 bridgehead atoms. The van der Waals surface area contributed by atoms with Crippen LogP contribution in [-0.2, 0) is 24.9 Å². The van der Waals surface area contributed by atoms with Gasteiger partial charge in [0, 0.05) is 24.4 Å². The lowest BCUT2D eigenvalue weighted by Crippen LogP contribution is -2.39. The molecule has 168 valence electrons. The molecule has 0 spiro atoms. The van der Waals surface area contributed by atoms with Crippen LogP contribution in [0.25, 0.3) is 11.4 Å². The van der Waals surface area contributed by atoms with Crippen LogP contribution in [0.15, 0.2) is 23.0 Å². The number of hydrogen-bond donors (Lipinski definition) is 2. The van der Waals surface area contributed by atoms with E-state index in [1.54, 1.807) is 7.05 Å².